The van der Waals surface area contributed by atoms with Crippen molar-refractivity contribution < 1.29 is 9.13 Å². The Morgan fingerprint density at radius 3 is 2.41 bits per heavy atom. The minimum Gasteiger partial charge on any atom is -0.458 e. The maximum absolute atomic E-state index is 13.3. The van der Waals surface area contributed by atoms with Gasteiger partial charge in [0.05, 0.1) is 0 Å². The summed E-state index contributed by atoms with van der Waals surface area (Å²) < 4.78 is 18.7. The van der Waals surface area contributed by atoms with Crippen LogP contribution in [0.25, 0.3) is 0 Å². The van der Waals surface area contributed by atoms with E-state index in [0.29, 0.717) is 5.56 Å². The first-order valence-corrected chi connectivity index (χ1v) is 5.33. The van der Waals surface area contributed by atoms with E-state index in [9.17, 15) is 4.39 Å². The Balaban J connectivity index is 2.10. The second kappa shape index (κ2) is 4.91. The minimum atomic E-state index is -0.281. The van der Waals surface area contributed by atoms with Crippen molar-refractivity contribution in [3.8, 4) is 6.01 Å². The fraction of sp³-hybridized carbons (Fsp3) is 0.231. The van der Waals surface area contributed by atoms with Crippen molar-refractivity contribution >= 4 is 0 Å². The molecule has 1 heterocycles. The molecule has 0 saturated carbocycles. The average Bonchev–Trinajstić information content (AvgIpc) is 2.27. The zero-order chi connectivity index (χ0) is 12.3. The lowest BCUT2D eigenvalue weighted by Gasteiger charge is -2.06. The molecule has 0 unspecified atom stereocenters. The maximum Gasteiger partial charge on any atom is 0.317 e. The maximum atomic E-state index is 13.3. The van der Waals surface area contributed by atoms with E-state index in [2.05, 4.69) is 9.97 Å². The second-order valence-electron chi connectivity index (χ2n) is 3.81. The second-order valence-corrected chi connectivity index (χ2v) is 3.81. The quantitative estimate of drug-likeness (QED) is 0.816. The molecule has 1 aromatic carbocycles. The summed E-state index contributed by atoms with van der Waals surface area (Å²) in [6, 6.07) is 8.64. The van der Waals surface area contributed by atoms with Gasteiger partial charge in [0.15, 0.2) is 0 Å². The van der Waals surface area contributed by atoms with Gasteiger partial charge in [0.1, 0.15) is 12.4 Å². The number of benzene rings is 1. The van der Waals surface area contributed by atoms with E-state index in [-0.39, 0.29) is 18.4 Å². The van der Waals surface area contributed by atoms with Gasteiger partial charge in [-0.25, -0.2) is 14.4 Å². The van der Waals surface area contributed by atoms with Crippen LogP contribution >= 0.6 is 0 Å². The third-order valence-corrected chi connectivity index (χ3v) is 2.28. The van der Waals surface area contributed by atoms with Gasteiger partial charge < -0.3 is 4.74 Å². The predicted octanol–water partition coefficient (Wildman–Crippen LogP) is 2.81. The van der Waals surface area contributed by atoms with E-state index in [1.165, 1.54) is 6.07 Å². The third kappa shape index (κ3) is 3.00. The van der Waals surface area contributed by atoms with E-state index in [4.69, 9.17) is 4.74 Å². The summed E-state index contributed by atoms with van der Waals surface area (Å²) in [5.74, 6) is -0.281. The van der Waals surface area contributed by atoms with Crippen molar-refractivity contribution in [2.75, 3.05) is 0 Å². The molecule has 0 N–H and O–H groups in total. The van der Waals surface area contributed by atoms with Crippen molar-refractivity contribution in [1.82, 2.24) is 9.97 Å². The van der Waals surface area contributed by atoms with Crippen molar-refractivity contribution in [3.05, 3.63) is 53.1 Å². The molecule has 0 aliphatic carbocycles. The van der Waals surface area contributed by atoms with Crippen LogP contribution in [0.2, 0.25) is 0 Å². The molecule has 0 atom stereocenters. The lowest BCUT2D eigenvalue weighted by atomic mass is 10.2. The SMILES string of the molecule is Cc1cc(C)nc(OCc2ccccc2F)n1. The lowest BCUT2D eigenvalue weighted by Crippen LogP contribution is -2.03. The molecule has 4 heteroatoms. The van der Waals surface area contributed by atoms with Crippen molar-refractivity contribution in [2.45, 2.75) is 20.5 Å². The van der Waals surface area contributed by atoms with Gasteiger partial charge in [0.25, 0.3) is 0 Å². The molecule has 3 nitrogen and oxygen atoms in total. The van der Waals surface area contributed by atoms with Crippen LogP contribution in [0.5, 0.6) is 6.01 Å². The molecular formula is C13H13FN2O. The van der Waals surface area contributed by atoms with Crippen LogP contribution in [-0.2, 0) is 6.61 Å². The number of aryl methyl sites for hydroxylation is 2. The van der Waals surface area contributed by atoms with Gasteiger partial charge >= 0.3 is 6.01 Å². The number of rotatable bonds is 3. The monoisotopic (exact) mass is 232 g/mol. The minimum absolute atomic E-state index is 0.134. The number of aromatic nitrogens is 2. The molecule has 2 rings (SSSR count). The molecule has 0 fully saturated rings. The zero-order valence-corrected chi connectivity index (χ0v) is 9.77. The Kier molecular flexibility index (Phi) is 3.32. The van der Waals surface area contributed by atoms with Crippen molar-refractivity contribution in [1.29, 1.82) is 0 Å². The van der Waals surface area contributed by atoms with Crippen LogP contribution < -0.4 is 4.74 Å². The highest BCUT2D eigenvalue weighted by molar-refractivity contribution is 5.17. The fourth-order valence-corrected chi connectivity index (χ4v) is 1.52. The largest absolute Gasteiger partial charge is 0.458 e. The Labute approximate surface area is 99.3 Å². The topological polar surface area (TPSA) is 35.0 Å². The van der Waals surface area contributed by atoms with E-state index in [0.717, 1.165) is 11.4 Å². The Morgan fingerprint density at radius 1 is 1.12 bits per heavy atom. The molecule has 0 aliphatic rings. The standard InChI is InChI=1S/C13H13FN2O/c1-9-7-10(2)16-13(15-9)17-8-11-5-3-4-6-12(11)14/h3-7H,8H2,1-2H3. The molecular weight excluding hydrogens is 219 g/mol. The molecule has 0 spiro atoms. The molecule has 0 radical (unpaired) electrons. The molecule has 17 heavy (non-hydrogen) atoms. The lowest BCUT2D eigenvalue weighted by molar-refractivity contribution is 0.274. The van der Waals surface area contributed by atoms with Gasteiger partial charge in [-0.1, -0.05) is 18.2 Å². The Bertz CT molecular complexity index is 508. The van der Waals surface area contributed by atoms with Crippen molar-refractivity contribution in [2.24, 2.45) is 0 Å². The molecule has 0 amide bonds. The molecule has 1 aromatic heterocycles. The Morgan fingerprint density at radius 2 is 1.76 bits per heavy atom. The first-order valence-electron chi connectivity index (χ1n) is 5.33. The van der Waals surface area contributed by atoms with Gasteiger partial charge in [0, 0.05) is 17.0 Å². The normalized spacial score (nSPS) is 10.3. The average molecular weight is 232 g/mol. The highest BCUT2D eigenvalue weighted by Crippen LogP contribution is 2.11. The molecule has 2 aromatic rings. The van der Waals surface area contributed by atoms with E-state index in [1.54, 1.807) is 18.2 Å². The number of hydrogen-bond donors (Lipinski definition) is 0. The molecule has 0 bridgehead atoms. The molecule has 0 saturated heterocycles. The molecule has 88 valence electrons. The molecule has 0 aliphatic heterocycles. The van der Waals surface area contributed by atoms with Gasteiger partial charge in [-0.05, 0) is 26.0 Å². The first kappa shape index (κ1) is 11.5. The number of hydrogen-bond acceptors (Lipinski definition) is 3. The summed E-state index contributed by atoms with van der Waals surface area (Å²) in [5, 5.41) is 0. The third-order valence-electron chi connectivity index (χ3n) is 2.28. The number of halogens is 1. The highest BCUT2D eigenvalue weighted by Gasteiger charge is 2.04. The summed E-state index contributed by atoms with van der Waals surface area (Å²) in [6.07, 6.45) is 0. The van der Waals surface area contributed by atoms with Crippen LogP contribution in [0.3, 0.4) is 0 Å². The van der Waals surface area contributed by atoms with Crippen LogP contribution in [0.1, 0.15) is 17.0 Å². The van der Waals surface area contributed by atoms with Crippen LogP contribution in [-0.4, -0.2) is 9.97 Å². The van der Waals surface area contributed by atoms with Gasteiger partial charge in [-0.15, -0.1) is 0 Å². The van der Waals surface area contributed by atoms with Crippen LogP contribution in [0.4, 0.5) is 4.39 Å². The van der Waals surface area contributed by atoms with Crippen LogP contribution in [0, 0.1) is 19.7 Å². The first-order chi connectivity index (χ1) is 8.15. The smallest absolute Gasteiger partial charge is 0.317 e. The summed E-state index contributed by atoms with van der Waals surface area (Å²) in [5.41, 5.74) is 2.16. The van der Waals surface area contributed by atoms with Gasteiger partial charge in [0.2, 0.25) is 0 Å². The highest BCUT2D eigenvalue weighted by atomic mass is 19.1. The van der Waals surface area contributed by atoms with Gasteiger partial charge in [-0.3, -0.25) is 0 Å². The summed E-state index contributed by atoms with van der Waals surface area (Å²) in [6.45, 7) is 3.87. The summed E-state index contributed by atoms with van der Waals surface area (Å²) >= 11 is 0. The summed E-state index contributed by atoms with van der Waals surface area (Å²) in [4.78, 5) is 8.25. The van der Waals surface area contributed by atoms with E-state index in [1.807, 2.05) is 19.9 Å². The van der Waals surface area contributed by atoms with Crippen LogP contribution in [0.15, 0.2) is 30.3 Å². The van der Waals surface area contributed by atoms with E-state index < -0.39 is 0 Å². The van der Waals surface area contributed by atoms with Gasteiger partial charge in [-0.2, -0.15) is 0 Å². The van der Waals surface area contributed by atoms with E-state index >= 15 is 0 Å². The summed E-state index contributed by atoms with van der Waals surface area (Å²) in [7, 11) is 0. The zero-order valence-electron chi connectivity index (χ0n) is 9.77. The van der Waals surface area contributed by atoms with Crippen molar-refractivity contribution in [3.63, 3.8) is 0 Å². The number of ether oxygens (including phenoxy) is 1. The number of nitrogens with zero attached hydrogens (tertiary/aromatic N) is 2. The predicted molar refractivity (Wildman–Crippen MR) is 62.2 cm³/mol. The fourth-order valence-electron chi connectivity index (χ4n) is 1.52. The Hall–Kier alpha value is -1.97.